The zero-order valence-corrected chi connectivity index (χ0v) is 23.6. The molecule has 202 valence electrons. The Morgan fingerprint density at radius 2 is 1.49 bits per heavy atom. The molecular weight excluding hydrogens is 432 g/mol. The van der Waals surface area contributed by atoms with E-state index in [1.54, 1.807) is 13.8 Å². The highest BCUT2D eigenvalue weighted by molar-refractivity contribution is 5.12. The molecule has 3 nitrogen and oxygen atoms in total. The van der Waals surface area contributed by atoms with Gasteiger partial charge in [0.05, 0.1) is 16.8 Å². The van der Waals surface area contributed by atoms with Crippen LogP contribution in [-0.2, 0) is 0 Å². The van der Waals surface area contributed by atoms with Crippen LogP contribution in [-0.4, -0.2) is 32.1 Å². The van der Waals surface area contributed by atoms with Crippen molar-refractivity contribution < 1.29 is 15.3 Å². The molecule has 0 aliphatic heterocycles. The summed E-state index contributed by atoms with van der Waals surface area (Å²) in [7, 11) is 0. The van der Waals surface area contributed by atoms with Gasteiger partial charge in [0.1, 0.15) is 0 Å². The lowest BCUT2D eigenvalue weighted by Crippen LogP contribution is -2.60. The Kier molecular flexibility index (Phi) is 6.79. The van der Waals surface area contributed by atoms with Gasteiger partial charge in [-0.2, -0.15) is 0 Å². The molecule has 5 saturated carbocycles. The molecule has 5 aliphatic rings. The molecule has 5 rings (SSSR count). The average Bonchev–Trinajstić information content (AvgIpc) is 3.15. The lowest BCUT2D eigenvalue weighted by molar-refractivity contribution is -0.204. The third kappa shape index (κ3) is 4.36. The van der Waals surface area contributed by atoms with Crippen molar-refractivity contribution in [3.63, 3.8) is 0 Å². The lowest BCUT2D eigenvalue weighted by atomic mass is 9.43. The minimum absolute atomic E-state index is 0.329. The Balaban J connectivity index is 1.27. The van der Waals surface area contributed by atoms with E-state index in [0.29, 0.717) is 16.7 Å². The van der Waals surface area contributed by atoms with Gasteiger partial charge in [0.25, 0.3) is 0 Å². The van der Waals surface area contributed by atoms with Gasteiger partial charge >= 0.3 is 0 Å². The van der Waals surface area contributed by atoms with Crippen LogP contribution in [0.25, 0.3) is 0 Å². The molecule has 3 heteroatoms. The summed E-state index contributed by atoms with van der Waals surface area (Å²) in [5.41, 5.74) is -1.52. The maximum absolute atomic E-state index is 11.3. The molecule has 0 saturated heterocycles. The van der Waals surface area contributed by atoms with Gasteiger partial charge in [-0.1, -0.05) is 40.0 Å². The highest BCUT2D eigenvalue weighted by Crippen LogP contribution is 2.69. The van der Waals surface area contributed by atoms with Crippen molar-refractivity contribution in [3.8, 4) is 0 Å². The van der Waals surface area contributed by atoms with E-state index in [0.717, 1.165) is 68.1 Å². The van der Waals surface area contributed by atoms with E-state index in [1.807, 2.05) is 0 Å². The molecule has 0 amide bonds. The largest absolute Gasteiger partial charge is 0.390 e. The Hall–Kier alpha value is -0.120. The van der Waals surface area contributed by atoms with E-state index in [-0.39, 0.29) is 5.60 Å². The van der Waals surface area contributed by atoms with Crippen molar-refractivity contribution in [1.82, 2.24) is 0 Å². The van der Waals surface area contributed by atoms with Gasteiger partial charge in [-0.25, -0.2) is 0 Å². The SMILES string of the molecule is C[C@H](CCC1(O)CCCCC1)[C@H]1CC[C@H]2[C@@H]3CC[C@H]4C[C@](O)(C(C)(C)O)CC[C@]4(C)[C@H]3CC[C@]12C. The fraction of sp³-hybridized carbons (Fsp3) is 1.00. The van der Waals surface area contributed by atoms with Crippen LogP contribution in [0.5, 0.6) is 0 Å². The van der Waals surface area contributed by atoms with E-state index in [9.17, 15) is 15.3 Å². The van der Waals surface area contributed by atoms with Crippen molar-refractivity contribution >= 4 is 0 Å². The van der Waals surface area contributed by atoms with Crippen molar-refractivity contribution in [2.45, 2.75) is 154 Å². The quantitative estimate of drug-likeness (QED) is 0.382. The number of hydrogen-bond donors (Lipinski definition) is 3. The van der Waals surface area contributed by atoms with Crippen LogP contribution in [0.2, 0.25) is 0 Å². The van der Waals surface area contributed by atoms with E-state index in [4.69, 9.17) is 0 Å². The fourth-order valence-electron chi connectivity index (χ4n) is 10.9. The number of hydrogen-bond acceptors (Lipinski definition) is 3. The van der Waals surface area contributed by atoms with Gasteiger partial charge in [-0.3, -0.25) is 0 Å². The first-order valence-corrected chi connectivity index (χ1v) is 15.5. The normalized spacial score (nSPS) is 48.5. The smallest absolute Gasteiger partial charge is 0.0930 e. The minimum atomic E-state index is -1.02. The summed E-state index contributed by atoms with van der Waals surface area (Å²) in [6.07, 6.45) is 18.7. The zero-order chi connectivity index (χ0) is 25.3. The van der Waals surface area contributed by atoms with E-state index < -0.39 is 11.2 Å². The summed E-state index contributed by atoms with van der Waals surface area (Å²) < 4.78 is 0. The molecule has 0 aromatic carbocycles. The van der Waals surface area contributed by atoms with Gasteiger partial charge in [-0.15, -0.1) is 0 Å². The zero-order valence-electron chi connectivity index (χ0n) is 23.6. The van der Waals surface area contributed by atoms with Gasteiger partial charge < -0.3 is 15.3 Å². The van der Waals surface area contributed by atoms with Crippen LogP contribution in [0.3, 0.4) is 0 Å². The maximum Gasteiger partial charge on any atom is 0.0930 e. The molecule has 5 aliphatic carbocycles. The number of aliphatic hydroxyl groups is 3. The molecule has 3 N–H and O–H groups in total. The Labute approximate surface area is 215 Å². The molecule has 0 unspecified atom stereocenters. The Bertz CT molecular complexity index is 765. The highest BCUT2D eigenvalue weighted by atomic mass is 16.4. The maximum atomic E-state index is 11.3. The van der Waals surface area contributed by atoms with Gasteiger partial charge in [0.15, 0.2) is 0 Å². The van der Waals surface area contributed by atoms with Crippen molar-refractivity contribution in [3.05, 3.63) is 0 Å². The predicted octanol–water partition coefficient (Wildman–Crippen LogP) is 7.26. The lowest BCUT2D eigenvalue weighted by Gasteiger charge is -2.63. The molecular formula is C32H56O3. The summed E-state index contributed by atoms with van der Waals surface area (Å²) in [6, 6.07) is 0. The summed E-state index contributed by atoms with van der Waals surface area (Å²) in [6.45, 7) is 11.3. The number of fused-ring (bicyclic) bond motifs is 5. The van der Waals surface area contributed by atoms with Crippen LogP contribution in [0.4, 0.5) is 0 Å². The summed E-state index contributed by atoms with van der Waals surface area (Å²) in [4.78, 5) is 0. The van der Waals surface area contributed by atoms with Crippen LogP contribution < -0.4 is 0 Å². The molecule has 0 aromatic heterocycles. The van der Waals surface area contributed by atoms with E-state index >= 15 is 0 Å². The molecule has 0 aromatic rings. The first kappa shape index (κ1) is 26.5. The molecule has 35 heavy (non-hydrogen) atoms. The molecule has 9 atom stereocenters. The molecule has 0 bridgehead atoms. The fourth-order valence-corrected chi connectivity index (χ4v) is 10.9. The number of rotatable bonds is 5. The molecule has 0 spiro atoms. The predicted molar refractivity (Wildman–Crippen MR) is 143 cm³/mol. The topological polar surface area (TPSA) is 60.7 Å². The Morgan fingerprint density at radius 1 is 0.800 bits per heavy atom. The second kappa shape index (κ2) is 8.98. The van der Waals surface area contributed by atoms with Gasteiger partial charge in [0, 0.05) is 0 Å². The first-order chi connectivity index (χ1) is 16.3. The minimum Gasteiger partial charge on any atom is -0.390 e. The van der Waals surface area contributed by atoms with Crippen LogP contribution >= 0.6 is 0 Å². The molecule has 5 fully saturated rings. The van der Waals surface area contributed by atoms with Gasteiger partial charge in [-0.05, 0) is 144 Å². The van der Waals surface area contributed by atoms with Crippen molar-refractivity contribution in [2.75, 3.05) is 0 Å². The summed E-state index contributed by atoms with van der Waals surface area (Å²) in [5.74, 6) is 4.59. The monoisotopic (exact) mass is 488 g/mol. The van der Waals surface area contributed by atoms with Crippen LogP contribution in [0.1, 0.15) is 137 Å². The molecule has 0 radical (unpaired) electrons. The molecule has 0 heterocycles. The first-order valence-electron chi connectivity index (χ1n) is 15.5. The van der Waals surface area contributed by atoms with E-state index in [2.05, 4.69) is 20.8 Å². The highest BCUT2D eigenvalue weighted by Gasteiger charge is 2.62. The van der Waals surface area contributed by atoms with Gasteiger partial charge in [0.2, 0.25) is 0 Å². The van der Waals surface area contributed by atoms with E-state index in [1.165, 1.54) is 64.2 Å². The second-order valence-electron chi connectivity index (χ2n) is 15.5. The standard InChI is InChI=1S/C32H56O3/c1-22(13-18-31(34)15-7-6-8-16-31)25-11-12-26-24-10-9-23-21-32(35,28(2,3)33)20-19-29(23,4)27(24)14-17-30(25,26)5/h22-27,33-35H,6-21H2,1-5H3/t22-,23+,24+,25-,26+,27+,29+,30-,32+/m1/s1. The third-order valence-electron chi connectivity index (χ3n) is 13.5. The average molecular weight is 489 g/mol. The van der Waals surface area contributed by atoms with Crippen LogP contribution in [0.15, 0.2) is 0 Å². The second-order valence-corrected chi connectivity index (χ2v) is 15.5. The Morgan fingerprint density at radius 3 is 2.17 bits per heavy atom. The van der Waals surface area contributed by atoms with Crippen LogP contribution in [0, 0.1) is 46.3 Å². The third-order valence-corrected chi connectivity index (χ3v) is 13.5. The summed E-state index contributed by atoms with van der Waals surface area (Å²) >= 11 is 0. The summed E-state index contributed by atoms with van der Waals surface area (Å²) in [5, 5.41) is 33.2. The van der Waals surface area contributed by atoms with Crippen molar-refractivity contribution in [2.24, 2.45) is 46.3 Å². The van der Waals surface area contributed by atoms with Crippen molar-refractivity contribution in [1.29, 1.82) is 0 Å².